The number of rotatable bonds is 2. The van der Waals surface area contributed by atoms with Gasteiger partial charge in [0, 0.05) is 5.56 Å². The molecule has 0 aliphatic heterocycles. The lowest BCUT2D eigenvalue weighted by molar-refractivity contribution is 0.1000. The average Bonchev–Trinajstić information content (AvgIpc) is 2.22. The molecule has 0 saturated heterocycles. The summed E-state index contributed by atoms with van der Waals surface area (Å²) in [6.07, 6.45) is 1.49. The molecular formula is C11H14FNO3. The summed E-state index contributed by atoms with van der Waals surface area (Å²) in [5, 5.41) is 8.95. The third kappa shape index (κ3) is 3.68. The van der Waals surface area contributed by atoms with E-state index in [9.17, 15) is 14.0 Å². The first-order valence-electron chi connectivity index (χ1n) is 4.75. The van der Waals surface area contributed by atoms with E-state index in [1.807, 2.05) is 0 Å². The number of halogens is 1. The van der Waals surface area contributed by atoms with Gasteiger partial charge in [-0.25, -0.2) is 4.39 Å². The quantitative estimate of drug-likeness (QED) is 0.756. The number of carbonyl (C=O) groups excluding carboxylic acids is 2. The van der Waals surface area contributed by atoms with E-state index in [1.165, 1.54) is 6.42 Å². The Morgan fingerprint density at radius 2 is 2.00 bits per heavy atom. The maximum absolute atomic E-state index is 12.8. The van der Waals surface area contributed by atoms with E-state index >= 15 is 0 Å². The minimum absolute atomic E-state index is 0.155. The van der Waals surface area contributed by atoms with Crippen molar-refractivity contribution in [2.45, 2.75) is 20.3 Å². The summed E-state index contributed by atoms with van der Waals surface area (Å²) in [5.41, 5.74) is 4.40. The van der Waals surface area contributed by atoms with Crippen molar-refractivity contribution < 1.29 is 19.1 Å². The molecular weight excluding hydrogens is 213 g/mol. The fourth-order valence-electron chi connectivity index (χ4n) is 0.852. The van der Waals surface area contributed by atoms with Crippen LogP contribution in [0.25, 0.3) is 0 Å². The number of aldehydes is 1. The molecule has 0 saturated carbocycles. The number of aromatic hydroxyl groups is 1. The van der Waals surface area contributed by atoms with E-state index < -0.39 is 17.5 Å². The second-order valence-electron chi connectivity index (χ2n) is 3.09. The average molecular weight is 227 g/mol. The molecule has 5 heteroatoms. The molecule has 1 aromatic rings. The topological polar surface area (TPSA) is 80.4 Å². The molecule has 0 unspecified atom stereocenters. The molecule has 88 valence electrons. The Hall–Kier alpha value is -1.91. The maximum atomic E-state index is 12.8. The van der Waals surface area contributed by atoms with Gasteiger partial charge in [0.15, 0.2) is 17.9 Å². The molecule has 0 radical (unpaired) electrons. The van der Waals surface area contributed by atoms with Crippen molar-refractivity contribution in [1.29, 1.82) is 0 Å². The number of hydrogen-bond donors (Lipinski definition) is 2. The number of primary amides is 1. The highest BCUT2D eigenvalue weighted by molar-refractivity contribution is 5.95. The fourth-order valence-corrected chi connectivity index (χ4v) is 0.852. The smallest absolute Gasteiger partial charge is 0.248 e. The normalized spacial score (nSPS) is 8.94. The molecule has 4 nitrogen and oxygen atoms in total. The van der Waals surface area contributed by atoms with Gasteiger partial charge < -0.3 is 10.8 Å². The number of amides is 1. The largest absolute Gasteiger partial charge is 0.504 e. The SMILES string of the molecule is CCC.NC(=O)c1cc(F)c(O)c(C=O)c1. The van der Waals surface area contributed by atoms with Crippen LogP contribution in [0.1, 0.15) is 41.0 Å². The Morgan fingerprint density at radius 1 is 1.50 bits per heavy atom. The van der Waals surface area contributed by atoms with Crippen molar-refractivity contribution in [1.82, 2.24) is 0 Å². The van der Waals surface area contributed by atoms with Crippen molar-refractivity contribution in [3.63, 3.8) is 0 Å². The Morgan fingerprint density at radius 3 is 2.38 bits per heavy atom. The summed E-state index contributed by atoms with van der Waals surface area (Å²) >= 11 is 0. The number of phenols is 1. The standard InChI is InChI=1S/C8H6FNO3.C3H8/c9-6-2-4(8(10)13)1-5(3-11)7(6)12;1-3-2/h1-3,12H,(H2,10,13);3H2,1-2H3. The van der Waals surface area contributed by atoms with E-state index in [2.05, 4.69) is 13.8 Å². The van der Waals surface area contributed by atoms with Crippen LogP contribution in [-0.2, 0) is 0 Å². The van der Waals surface area contributed by atoms with Gasteiger partial charge in [-0.15, -0.1) is 0 Å². The molecule has 1 amide bonds. The van der Waals surface area contributed by atoms with Crippen LogP contribution in [0.5, 0.6) is 5.75 Å². The van der Waals surface area contributed by atoms with Crippen molar-refractivity contribution in [2.75, 3.05) is 0 Å². The molecule has 0 aromatic heterocycles. The zero-order valence-corrected chi connectivity index (χ0v) is 9.16. The van der Waals surface area contributed by atoms with Gasteiger partial charge in [-0.05, 0) is 12.1 Å². The Balaban J connectivity index is 0.000000673. The highest BCUT2D eigenvalue weighted by Gasteiger charge is 2.11. The van der Waals surface area contributed by atoms with Gasteiger partial charge in [-0.1, -0.05) is 20.3 Å². The number of benzene rings is 1. The molecule has 3 N–H and O–H groups in total. The first-order valence-corrected chi connectivity index (χ1v) is 4.75. The first kappa shape index (κ1) is 14.1. The molecule has 1 rings (SSSR count). The van der Waals surface area contributed by atoms with E-state index in [-0.39, 0.29) is 17.4 Å². The molecule has 0 spiro atoms. The van der Waals surface area contributed by atoms with Gasteiger partial charge in [0.05, 0.1) is 5.56 Å². The zero-order valence-electron chi connectivity index (χ0n) is 9.16. The van der Waals surface area contributed by atoms with Gasteiger partial charge in [0.25, 0.3) is 0 Å². The summed E-state index contributed by atoms with van der Waals surface area (Å²) in [6.45, 7) is 4.25. The van der Waals surface area contributed by atoms with E-state index in [1.54, 1.807) is 0 Å². The first-order chi connectivity index (χ1) is 7.47. The Labute approximate surface area is 92.9 Å². The van der Waals surface area contributed by atoms with Crippen molar-refractivity contribution in [2.24, 2.45) is 5.73 Å². The monoisotopic (exact) mass is 227 g/mol. The van der Waals surface area contributed by atoms with Crippen LogP contribution in [0.3, 0.4) is 0 Å². The molecule has 0 bridgehead atoms. The number of hydrogen-bond acceptors (Lipinski definition) is 3. The van der Waals surface area contributed by atoms with Crippen LogP contribution in [0.15, 0.2) is 12.1 Å². The zero-order chi connectivity index (χ0) is 12.7. The van der Waals surface area contributed by atoms with Gasteiger partial charge in [-0.3, -0.25) is 9.59 Å². The number of carbonyl (C=O) groups is 2. The van der Waals surface area contributed by atoms with Crippen molar-refractivity contribution in [3.05, 3.63) is 29.1 Å². The summed E-state index contributed by atoms with van der Waals surface area (Å²) in [4.78, 5) is 20.9. The van der Waals surface area contributed by atoms with Crippen LogP contribution < -0.4 is 5.73 Å². The third-order valence-corrected chi connectivity index (χ3v) is 1.50. The predicted molar refractivity (Wildman–Crippen MR) is 57.9 cm³/mol. The maximum Gasteiger partial charge on any atom is 0.248 e. The van der Waals surface area contributed by atoms with E-state index in [0.29, 0.717) is 0 Å². The second-order valence-corrected chi connectivity index (χ2v) is 3.09. The van der Waals surface area contributed by atoms with Crippen LogP contribution >= 0.6 is 0 Å². The summed E-state index contributed by atoms with van der Waals surface area (Å²) in [6, 6.07) is 1.79. The van der Waals surface area contributed by atoms with Crippen LogP contribution in [0, 0.1) is 5.82 Å². The Kier molecular flexibility index (Phi) is 5.77. The molecule has 1 aromatic carbocycles. The van der Waals surface area contributed by atoms with Gasteiger partial charge in [-0.2, -0.15) is 0 Å². The van der Waals surface area contributed by atoms with Crippen LogP contribution in [-0.4, -0.2) is 17.3 Å². The van der Waals surface area contributed by atoms with Gasteiger partial charge in [0.2, 0.25) is 5.91 Å². The third-order valence-electron chi connectivity index (χ3n) is 1.50. The molecule has 16 heavy (non-hydrogen) atoms. The second kappa shape index (κ2) is 6.55. The molecule has 0 atom stereocenters. The van der Waals surface area contributed by atoms with Crippen molar-refractivity contribution in [3.8, 4) is 5.75 Å². The number of phenolic OH excluding ortho intramolecular Hbond substituents is 1. The molecule has 0 aliphatic carbocycles. The van der Waals surface area contributed by atoms with E-state index in [4.69, 9.17) is 10.8 Å². The van der Waals surface area contributed by atoms with Gasteiger partial charge in [0.1, 0.15) is 0 Å². The lowest BCUT2D eigenvalue weighted by Gasteiger charge is -2.01. The highest BCUT2D eigenvalue weighted by Crippen LogP contribution is 2.21. The molecule has 0 fully saturated rings. The van der Waals surface area contributed by atoms with E-state index in [0.717, 1.165) is 12.1 Å². The van der Waals surface area contributed by atoms with Gasteiger partial charge >= 0.3 is 0 Å². The minimum atomic E-state index is -1.04. The number of nitrogens with two attached hydrogens (primary N) is 1. The lowest BCUT2D eigenvalue weighted by Crippen LogP contribution is -2.11. The summed E-state index contributed by atoms with van der Waals surface area (Å²) in [5.74, 6) is -2.68. The lowest BCUT2D eigenvalue weighted by atomic mass is 10.1. The van der Waals surface area contributed by atoms with Crippen molar-refractivity contribution >= 4 is 12.2 Å². The van der Waals surface area contributed by atoms with Crippen LogP contribution in [0.4, 0.5) is 4.39 Å². The highest BCUT2D eigenvalue weighted by atomic mass is 19.1. The minimum Gasteiger partial charge on any atom is -0.504 e. The predicted octanol–water partition coefficient (Wildman–Crippen LogP) is 1.86. The van der Waals surface area contributed by atoms with Crippen LogP contribution in [0.2, 0.25) is 0 Å². The summed E-state index contributed by atoms with van der Waals surface area (Å²) < 4.78 is 12.8. The molecule has 0 heterocycles. The fraction of sp³-hybridized carbons (Fsp3) is 0.273. The Bertz CT molecular complexity index is 391. The summed E-state index contributed by atoms with van der Waals surface area (Å²) in [7, 11) is 0. The molecule has 0 aliphatic rings.